The summed E-state index contributed by atoms with van der Waals surface area (Å²) in [5.41, 5.74) is 0. The molecule has 0 amide bonds. The van der Waals surface area contributed by atoms with E-state index in [0.717, 1.165) is 25.2 Å². The van der Waals surface area contributed by atoms with Gasteiger partial charge in [-0.2, -0.15) is 8.42 Å². The molecule has 0 N–H and O–H groups in total. The van der Waals surface area contributed by atoms with Crippen molar-refractivity contribution < 1.29 is 42.6 Å². The van der Waals surface area contributed by atoms with E-state index in [0.29, 0.717) is 64.9 Å². The van der Waals surface area contributed by atoms with E-state index in [1.807, 2.05) is 6.92 Å². The molecule has 8 rings (SSSR count). The number of ether oxygens (including phenoxy) is 1. The molecule has 0 aromatic carbocycles. The van der Waals surface area contributed by atoms with Crippen molar-refractivity contribution in [2.45, 2.75) is 88.6 Å². The fraction of sp³-hybridized carbons (Fsp3) is 1.00. The van der Waals surface area contributed by atoms with Crippen LogP contribution in [0.4, 0.5) is 0 Å². The first kappa shape index (κ1) is 31.2. The van der Waals surface area contributed by atoms with E-state index < -0.39 is 39.6 Å². The van der Waals surface area contributed by atoms with Crippen molar-refractivity contribution in [3.8, 4) is 0 Å². The molecule has 6 saturated heterocycles. The first-order valence-electron chi connectivity index (χ1n) is 14.6. The van der Waals surface area contributed by atoms with Gasteiger partial charge in [-0.1, -0.05) is 20.8 Å². The number of sulfone groups is 3. The minimum Gasteiger partial charge on any atom is -0.373 e. The Hall–Kier alpha value is -0.280. The standard InChI is InChI=1S/C9H14O2S.C8H12O3S.C5H10O2S.C4H8O3S/c1-5-6-2-7-8(5)4-12(10,11)9(7)3-6;1-4-5-3-12(9,10)7-2-6(4)11-8(5)7;1-5-2-3-8(6,7)4-5;1-4-2-3-8(5,6)7-4/h5-9H,2-4H2,1H3;4-8H,2-3H2,1H3;5H,2-4H2,1H3;4H,2-3H2,1H3. The molecule has 40 heavy (non-hydrogen) atoms. The van der Waals surface area contributed by atoms with Crippen molar-refractivity contribution in [2.75, 3.05) is 28.8 Å². The first-order chi connectivity index (χ1) is 18.4. The predicted molar refractivity (Wildman–Crippen MR) is 151 cm³/mol. The molecule has 12 atom stereocenters. The molecule has 6 heterocycles. The van der Waals surface area contributed by atoms with Gasteiger partial charge in [0.25, 0.3) is 10.1 Å². The summed E-state index contributed by atoms with van der Waals surface area (Å²) in [4.78, 5) is 0. The van der Waals surface area contributed by atoms with Gasteiger partial charge in [0.05, 0.1) is 57.6 Å². The summed E-state index contributed by atoms with van der Waals surface area (Å²) >= 11 is 0. The van der Waals surface area contributed by atoms with Crippen LogP contribution in [0.25, 0.3) is 0 Å². The largest absolute Gasteiger partial charge is 0.373 e. The zero-order chi connectivity index (χ0) is 29.4. The van der Waals surface area contributed by atoms with Gasteiger partial charge in [0.15, 0.2) is 29.5 Å². The average Bonchev–Trinajstić information content (AvgIpc) is 3.67. The third-order valence-corrected chi connectivity index (χ3v) is 18.6. The maximum atomic E-state index is 11.6. The van der Waals surface area contributed by atoms with Crippen LogP contribution >= 0.6 is 0 Å². The molecule has 6 aliphatic heterocycles. The van der Waals surface area contributed by atoms with Crippen molar-refractivity contribution in [1.82, 2.24) is 0 Å². The Morgan fingerprint density at radius 1 is 0.625 bits per heavy atom. The molecular weight excluding hydrogens is 601 g/mol. The fourth-order valence-electron chi connectivity index (χ4n) is 8.40. The molecule has 10 nitrogen and oxygen atoms in total. The summed E-state index contributed by atoms with van der Waals surface area (Å²) in [5, 5.41) is -0.0765. The van der Waals surface area contributed by atoms with Crippen LogP contribution in [0, 0.1) is 41.4 Å². The van der Waals surface area contributed by atoms with Crippen LogP contribution in [0.3, 0.4) is 0 Å². The maximum absolute atomic E-state index is 11.6. The van der Waals surface area contributed by atoms with Crippen LogP contribution in [0.5, 0.6) is 0 Å². The van der Waals surface area contributed by atoms with Crippen LogP contribution in [0.15, 0.2) is 0 Å². The smallest absolute Gasteiger partial charge is 0.267 e. The number of rotatable bonds is 0. The minimum atomic E-state index is -3.10. The van der Waals surface area contributed by atoms with Crippen LogP contribution in [0.1, 0.15) is 59.8 Å². The van der Waals surface area contributed by atoms with E-state index in [1.54, 1.807) is 6.92 Å². The van der Waals surface area contributed by atoms with E-state index in [9.17, 15) is 33.7 Å². The van der Waals surface area contributed by atoms with Gasteiger partial charge >= 0.3 is 0 Å². The molecule has 0 spiro atoms. The summed E-state index contributed by atoms with van der Waals surface area (Å²) in [6, 6.07) is 0. The molecule has 12 unspecified atom stereocenters. The lowest BCUT2D eigenvalue weighted by atomic mass is 9.82. The number of hydrogen-bond donors (Lipinski definition) is 0. The number of fused-ring (bicyclic) bond motifs is 2. The van der Waals surface area contributed by atoms with Gasteiger partial charge in [-0.3, -0.25) is 4.18 Å². The molecule has 8 aliphatic rings. The minimum absolute atomic E-state index is 0.0509. The van der Waals surface area contributed by atoms with E-state index in [1.165, 1.54) is 6.42 Å². The third-order valence-electron chi connectivity index (χ3n) is 10.7. The average molecular weight is 645 g/mol. The van der Waals surface area contributed by atoms with E-state index in [-0.39, 0.29) is 34.6 Å². The van der Waals surface area contributed by atoms with Gasteiger partial charge in [-0.25, -0.2) is 25.3 Å². The van der Waals surface area contributed by atoms with Crippen LogP contribution < -0.4 is 0 Å². The van der Waals surface area contributed by atoms with Crippen molar-refractivity contribution in [2.24, 2.45) is 41.4 Å². The molecule has 232 valence electrons. The summed E-state index contributed by atoms with van der Waals surface area (Å²) < 4.78 is 98.6. The van der Waals surface area contributed by atoms with Crippen LogP contribution in [-0.2, 0) is 48.5 Å². The first-order valence-corrected chi connectivity index (χ1v) is 21.4. The molecule has 2 saturated carbocycles. The molecule has 8 fully saturated rings. The quantitative estimate of drug-likeness (QED) is 0.357. The van der Waals surface area contributed by atoms with Crippen molar-refractivity contribution in [3.05, 3.63) is 0 Å². The highest BCUT2D eigenvalue weighted by Gasteiger charge is 2.62. The van der Waals surface area contributed by atoms with Gasteiger partial charge in [-0.05, 0) is 74.5 Å². The van der Waals surface area contributed by atoms with E-state index >= 15 is 0 Å². The lowest BCUT2D eigenvalue weighted by molar-refractivity contribution is 0.0923. The van der Waals surface area contributed by atoms with E-state index in [4.69, 9.17) is 4.74 Å². The van der Waals surface area contributed by atoms with Crippen molar-refractivity contribution in [3.63, 3.8) is 0 Å². The summed E-state index contributed by atoms with van der Waals surface area (Å²) in [7, 11) is -11.1. The van der Waals surface area contributed by atoms with Crippen molar-refractivity contribution in [1.29, 1.82) is 0 Å². The highest BCUT2D eigenvalue weighted by molar-refractivity contribution is 7.92. The Morgan fingerprint density at radius 3 is 1.68 bits per heavy atom. The predicted octanol–water partition coefficient (Wildman–Crippen LogP) is 1.85. The van der Waals surface area contributed by atoms with Gasteiger partial charge in [-0.15, -0.1) is 0 Å². The maximum Gasteiger partial charge on any atom is 0.267 e. The van der Waals surface area contributed by atoms with Crippen molar-refractivity contribution >= 4 is 39.6 Å². The highest BCUT2D eigenvalue weighted by Crippen LogP contribution is 2.59. The monoisotopic (exact) mass is 644 g/mol. The third kappa shape index (κ3) is 6.05. The number of hydrogen-bond acceptors (Lipinski definition) is 10. The Bertz CT molecular complexity index is 1300. The van der Waals surface area contributed by atoms with Gasteiger partial charge in [0, 0.05) is 5.92 Å². The lowest BCUT2D eigenvalue weighted by Gasteiger charge is -2.22. The summed E-state index contributed by atoms with van der Waals surface area (Å²) in [5.74, 6) is 5.55. The molecular formula is C26H44O10S4. The lowest BCUT2D eigenvalue weighted by Crippen LogP contribution is -2.29. The van der Waals surface area contributed by atoms with Crippen LogP contribution in [-0.4, -0.2) is 91.2 Å². The SMILES string of the molecule is CC1C2CC3C(O2)C1CS3(=O)=O.CC1C2CC3C1CS(=O)(=O)C3C2.CC1CCS(=O)(=O)C1.CC1CCS(=O)(=O)O1. The van der Waals surface area contributed by atoms with Crippen LogP contribution in [0.2, 0.25) is 0 Å². The second-order valence-electron chi connectivity index (χ2n) is 13.5. The zero-order valence-corrected chi connectivity index (χ0v) is 27.0. The molecule has 0 radical (unpaired) electrons. The summed E-state index contributed by atoms with van der Waals surface area (Å²) in [6.07, 6.45) is 4.63. The summed E-state index contributed by atoms with van der Waals surface area (Å²) in [6.45, 7) is 8.09. The second-order valence-corrected chi connectivity index (χ2v) is 22.0. The Labute approximate surface area is 240 Å². The van der Waals surface area contributed by atoms with Gasteiger partial charge < -0.3 is 4.74 Å². The fourth-order valence-corrected chi connectivity index (χ4v) is 16.8. The molecule has 2 aliphatic carbocycles. The zero-order valence-electron chi connectivity index (χ0n) is 23.7. The Kier molecular flexibility index (Phi) is 8.34. The normalized spacial score (nSPS) is 49.9. The molecule has 4 bridgehead atoms. The highest BCUT2D eigenvalue weighted by atomic mass is 32.2. The second kappa shape index (κ2) is 10.7. The topological polar surface area (TPSA) is 155 Å². The Morgan fingerprint density at radius 2 is 1.27 bits per heavy atom. The van der Waals surface area contributed by atoms with E-state index in [2.05, 4.69) is 18.0 Å². The molecule has 14 heteroatoms. The van der Waals surface area contributed by atoms with Gasteiger partial charge in [0.2, 0.25) is 0 Å². The Balaban J connectivity index is 0.000000110. The molecule has 0 aromatic heterocycles. The molecule has 0 aromatic rings. The van der Waals surface area contributed by atoms with Gasteiger partial charge in [0.1, 0.15) is 0 Å².